The van der Waals surface area contributed by atoms with E-state index in [1.54, 1.807) is 18.2 Å². The molecule has 0 aliphatic heterocycles. The summed E-state index contributed by atoms with van der Waals surface area (Å²) in [4.78, 5) is 2.03. The van der Waals surface area contributed by atoms with Gasteiger partial charge < -0.3 is 5.73 Å². The number of hydrogen-bond acceptors (Lipinski definition) is 2. The summed E-state index contributed by atoms with van der Waals surface area (Å²) in [5.74, 6) is -0.520. The minimum atomic E-state index is -0.267. The number of hydrogen-bond donors (Lipinski definition) is 1. The number of benzene rings is 2. The standard InChI is InChI=1S/C16H18F2N2/c1-20(11-12-5-7-14(17)8-6-12)16(10-19)13-3-2-4-15(18)9-13/h2-9,16H,10-11,19H2,1H3. The van der Waals surface area contributed by atoms with Crippen LogP contribution in [0.2, 0.25) is 0 Å². The van der Waals surface area contributed by atoms with Gasteiger partial charge in [0.15, 0.2) is 0 Å². The molecule has 0 saturated heterocycles. The zero-order chi connectivity index (χ0) is 14.5. The summed E-state index contributed by atoms with van der Waals surface area (Å²) in [6.07, 6.45) is 0. The Balaban J connectivity index is 2.13. The van der Waals surface area contributed by atoms with Crippen LogP contribution in [0.1, 0.15) is 17.2 Å². The molecule has 0 heterocycles. The highest BCUT2D eigenvalue weighted by atomic mass is 19.1. The first-order chi connectivity index (χ1) is 9.60. The first kappa shape index (κ1) is 14.6. The minimum absolute atomic E-state index is 0.0734. The Labute approximate surface area is 117 Å². The predicted octanol–water partition coefficient (Wildman–Crippen LogP) is 3.10. The molecule has 1 atom stereocenters. The molecule has 2 N–H and O–H groups in total. The molecule has 0 radical (unpaired) electrons. The quantitative estimate of drug-likeness (QED) is 0.909. The number of halogens is 2. The molecule has 0 fully saturated rings. The second-order valence-corrected chi connectivity index (χ2v) is 4.85. The summed E-state index contributed by atoms with van der Waals surface area (Å²) in [5.41, 5.74) is 7.64. The van der Waals surface area contributed by atoms with Gasteiger partial charge in [0.25, 0.3) is 0 Å². The normalized spacial score (nSPS) is 12.7. The average Bonchev–Trinajstić information content (AvgIpc) is 2.42. The Bertz CT molecular complexity index is 555. The molecule has 2 nitrogen and oxygen atoms in total. The van der Waals surface area contributed by atoms with Crippen molar-refractivity contribution in [3.05, 3.63) is 71.3 Å². The molecule has 0 bridgehead atoms. The maximum atomic E-state index is 13.3. The van der Waals surface area contributed by atoms with Crippen LogP contribution in [0.15, 0.2) is 48.5 Å². The SMILES string of the molecule is CN(Cc1ccc(F)cc1)C(CN)c1cccc(F)c1. The summed E-state index contributed by atoms with van der Waals surface area (Å²) in [6.45, 7) is 1.01. The first-order valence-corrected chi connectivity index (χ1v) is 6.50. The lowest BCUT2D eigenvalue weighted by Crippen LogP contribution is -2.30. The van der Waals surface area contributed by atoms with Crippen molar-refractivity contribution in [2.45, 2.75) is 12.6 Å². The zero-order valence-electron chi connectivity index (χ0n) is 11.4. The van der Waals surface area contributed by atoms with Gasteiger partial charge in [-0.25, -0.2) is 8.78 Å². The van der Waals surface area contributed by atoms with Gasteiger partial charge in [0.2, 0.25) is 0 Å². The molecular weight excluding hydrogens is 258 g/mol. The Kier molecular flexibility index (Phi) is 4.82. The van der Waals surface area contributed by atoms with Crippen molar-refractivity contribution in [2.75, 3.05) is 13.6 Å². The van der Waals surface area contributed by atoms with Crippen molar-refractivity contribution in [3.8, 4) is 0 Å². The molecule has 1 unspecified atom stereocenters. The van der Waals surface area contributed by atoms with Gasteiger partial charge in [-0.1, -0.05) is 24.3 Å². The molecular formula is C16H18F2N2. The van der Waals surface area contributed by atoms with Gasteiger partial charge >= 0.3 is 0 Å². The molecule has 4 heteroatoms. The molecule has 0 aromatic heterocycles. The van der Waals surface area contributed by atoms with E-state index < -0.39 is 0 Å². The van der Waals surface area contributed by atoms with Crippen molar-refractivity contribution in [1.82, 2.24) is 4.90 Å². The van der Waals surface area contributed by atoms with Crippen molar-refractivity contribution in [3.63, 3.8) is 0 Å². The van der Waals surface area contributed by atoms with Gasteiger partial charge in [0.05, 0.1) is 0 Å². The number of rotatable bonds is 5. The van der Waals surface area contributed by atoms with E-state index in [1.807, 2.05) is 18.0 Å². The van der Waals surface area contributed by atoms with Crippen LogP contribution in [0.25, 0.3) is 0 Å². The van der Waals surface area contributed by atoms with Crippen LogP contribution in [0.5, 0.6) is 0 Å². The lowest BCUT2D eigenvalue weighted by atomic mass is 10.0. The van der Waals surface area contributed by atoms with E-state index in [2.05, 4.69) is 0 Å². The Hall–Kier alpha value is -1.78. The van der Waals surface area contributed by atoms with Crippen molar-refractivity contribution < 1.29 is 8.78 Å². The fourth-order valence-corrected chi connectivity index (χ4v) is 2.27. The Morgan fingerprint density at radius 3 is 2.35 bits per heavy atom. The van der Waals surface area contributed by atoms with Crippen molar-refractivity contribution >= 4 is 0 Å². The molecule has 2 aromatic rings. The molecule has 0 aliphatic rings. The summed E-state index contributed by atoms with van der Waals surface area (Å²) in [6, 6.07) is 12.7. The van der Waals surface area contributed by atoms with Gasteiger partial charge in [0.1, 0.15) is 11.6 Å². The third-order valence-electron chi connectivity index (χ3n) is 3.33. The summed E-state index contributed by atoms with van der Waals surface area (Å²) < 4.78 is 26.2. The Morgan fingerprint density at radius 1 is 1.05 bits per heavy atom. The average molecular weight is 276 g/mol. The topological polar surface area (TPSA) is 29.3 Å². The van der Waals surface area contributed by atoms with Crippen LogP contribution >= 0.6 is 0 Å². The maximum Gasteiger partial charge on any atom is 0.123 e. The smallest absolute Gasteiger partial charge is 0.123 e. The fraction of sp³-hybridized carbons (Fsp3) is 0.250. The summed E-state index contributed by atoms with van der Waals surface area (Å²) in [5, 5.41) is 0. The van der Waals surface area contributed by atoms with E-state index in [-0.39, 0.29) is 17.7 Å². The lowest BCUT2D eigenvalue weighted by Gasteiger charge is -2.27. The largest absolute Gasteiger partial charge is 0.329 e. The predicted molar refractivity (Wildman–Crippen MR) is 76.1 cm³/mol. The van der Waals surface area contributed by atoms with Crippen LogP contribution in [-0.2, 0) is 6.54 Å². The van der Waals surface area contributed by atoms with Gasteiger partial charge in [-0.05, 0) is 42.4 Å². The first-order valence-electron chi connectivity index (χ1n) is 6.50. The van der Waals surface area contributed by atoms with E-state index in [4.69, 9.17) is 5.73 Å². The highest BCUT2D eigenvalue weighted by molar-refractivity contribution is 5.22. The van der Waals surface area contributed by atoms with Crippen LogP contribution in [0, 0.1) is 11.6 Å². The number of likely N-dealkylation sites (N-methyl/N-ethyl adjacent to an activating group) is 1. The van der Waals surface area contributed by atoms with Crippen LogP contribution < -0.4 is 5.73 Å². The van der Waals surface area contributed by atoms with E-state index >= 15 is 0 Å². The van der Waals surface area contributed by atoms with Crippen LogP contribution in [-0.4, -0.2) is 18.5 Å². The number of nitrogens with zero attached hydrogens (tertiary/aromatic N) is 1. The van der Waals surface area contributed by atoms with Crippen molar-refractivity contribution in [1.29, 1.82) is 0 Å². The third kappa shape index (κ3) is 3.62. The Morgan fingerprint density at radius 2 is 1.75 bits per heavy atom. The van der Waals surface area contributed by atoms with E-state index in [0.717, 1.165) is 11.1 Å². The van der Waals surface area contributed by atoms with Crippen LogP contribution in [0.3, 0.4) is 0 Å². The molecule has 0 aliphatic carbocycles. The fourth-order valence-electron chi connectivity index (χ4n) is 2.27. The highest BCUT2D eigenvalue weighted by Crippen LogP contribution is 2.21. The molecule has 0 spiro atoms. The van der Waals surface area contributed by atoms with Gasteiger partial charge in [-0.3, -0.25) is 4.90 Å². The van der Waals surface area contributed by atoms with E-state index in [0.29, 0.717) is 13.1 Å². The molecule has 106 valence electrons. The second kappa shape index (κ2) is 6.59. The van der Waals surface area contributed by atoms with Crippen LogP contribution in [0.4, 0.5) is 8.78 Å². The monoisotopic (exact) mass is 276 g/mol. The molecule has 0 amide bonds. The summed E-state index contributed by atoms with van der Waals surface area (Å²) >= 11 is 0. The number of nitrogens with two attached hydrogens (primary N) is 1. The highest BCUT2D eigenvalue weighted by Gasteiger charge is 2.16. The molecule has 0 saturated carbocycles. The van der Waals surface area contributed by atoms with Gasteiger partial charge in [0, 0.05) is 19.1 Å². The molecule has 2 aromatic carbocycles. The van der Waals surface area contributed by atoms with E-state index in [1.165, 1.54) is 24.3 Å². The van der Waals surface area contributed by atoms with Gasteiger partial charge in [-0.2, -0.15) is 0 Å². The molecule has 20 heavy (non-hydrogen) atoms. The third-order valence-corrected chi connectivity index (χ3v) is 3.33. The zero-order valence-corrected chi connectivity index (χ0v) is 11.4. The second-order valence-electron chi connectivity index (χ2n) is 4.85. The molecule has 2 rings (SSSR count). The van der Waals surface area contributed by atoms with Gasteiger partial charge in [-0.15, -0.1) is 0 Å². The lowest BCUT2D eigenvalue weighted by molar-refractivity contribution is 0.241. The summed E-state index contributed by atoms with van der Waals surface area (Å²) in [7, 11) is 1.92. The van der Waals surface area contributed by atoms with E-state index in [9.17, 15) is 8.78 Å². The minimum Gasteiger partial charge on any atom is -0.329 e. The maximum absolute atomic E-state index is 13.3. The van der Waals surface area contributed by atoms with Crippen molar-refractivity contribution in [2.24, 2.45) is 5.73 Å².